The molecular formula is C54H35NS2. The molecule has 0 radical (unpaired) electrons. The van der Waals surface area contributed by atoms with E-state index in [-0.39, 0.29) is 0 Å². The number of fused-ring (bicyclic) bond motifs is 6. The molecule has 0 atom stereocenters. The van der Waals surface area contributed by atoms with Crippen LogP contribution < -0.4 is 4.90 Å². The second kappa shape index (κ2) is 14.1. The van der Waals surface area contributed by atoms with Gasteiger partial charge in [0.25, 0.3) is 0 Å². The summed E-state index contributed by atoms with van der Waals surface area (Å²) in [6.45, 7) is 0. The van der Waals surface area contributed by atoms with Crippen LogP contribution in [0.5, 0.6) is 0 Å². The molecule has 0 saturated carbocycles. The Labute approximate surface area is 340 Å². The summed E-state index contributed by atoms with van der Waals surface area (Å²) in [5, 5.41) is 5.22. The van der Waals surface area contributed by atoms with Crippen LogP contribution in [0.3, 0.4) is 0 Å². The van der Waals surface area contributed by atoms with Gasteiger partial charge in [0.15, 0.2) is 0 Å². The first-order chi connectivity index (χ1) is 28.2. The first-order valence-electron chi connectivity index (χ1n) is 19.3. The lowest BCUT2D eigenvalue weighted by Gasteiger charge is -2.29. The van der Waals surface area contributed by atoms with Crippen LogP contribution in [0.4, 0.5) is 17.1 Å². The smallest absolute Gasteiger partial charge is 0.0718 e. The molecule has 11 rings (SSSR count). The van der Waals surface area contributed by atoms with E-state index in [0.29, 0.717) is 0 Å². The van der Waals surface area contributed by atoms with E-state index in [9.17, 15) is 0 Å². The fourth-order valence-electron chi connectivity index (χ4n) is 8.25. The van der Waals surface area contributed by atoms with E-state index in [1.807, 2.05) is 22.7 Å². The molecule has 0 aliphatic heterocycles. The Bertz CT molecular complexity index is 3200. The van der Waals surface area contributed by atoms with Gasteiger partial charge in [0.05, 0.1) is 10.4 Å². The van der Waals surface area contributed by atoms with Crippen LogP contribution in [-0.2, 0) is 0 Å². The van der Waals surface area contributed by atoms with Crippen molar-refractivity contribution in [2.45, 2.75) is 0 Å². The Balaban J connectivity index is 1.06. The number of thiophene rings is 2. The normalized spacial score (nSPS) is 11.5. The van der Waals surface area contributed by atoms with Crippen LogP contribution in [-0.4, -0.2) is 0 Å². The minimum atomic E-state index is 1.11. The van der Waals surface area contributed by atoms with Crippen molar-refractivity contribution < 1.29 is 0 Å². The summed E-state index contributed by atoms with van der Waals surface area (Å²) in [5.74, 6) is 0. The van der Waals surface area contributed by atoms with Crippen LogP contribution in [0.25, 0.3) is 84.9 Å². The Morgan fingerprint density at radius 2 is 0.702 bits per heavy atom. The predicted octanol–water partition coefficient (Wildman–Crippen LogP) is 16.6. The molecule has 0 spiro atoms. The van der Waals surface area contributed by atoms with Gasteiger partial charge in [-0.1, -0.05) is 170 Å². The Kier molecular flexibility index (Phi) is 8.28. The zero-order valence-corrected chi connectivity index (χ0v) is 32.6. The van der Waals surface area contributed by atoms with Crippen molar-refractivity contribution in [2.75, 3.05) is 4.90 Å². The number of benzene rings is 9. The second-order valence-electron chi connectivity index (χ2n) is 14.5. The molecule has 3 heteroatoms. The van der Waals surface area contributed by atoms with Gasteiger partial charge < -0.3 is 4.90 Å². The molecule has 0 saturated heterocycles. The highest BCUT2D eigenvalue weighted by molar-refractivity contribution is 7.26. The van der Waals surface area contributed by atoms with Crippen LogP contribution in [0, 0.1) is 0 Å². The number of rotatable bonds is 7. The van der Waals surface area contributed by atoms with Crippen molar-refractivity contribution in [3.63, 3.8) is 0 Å². The lowest BCUT2D eigenvalue weighted by atomic mass is 9.98. The SMILES string of the molecule is c1ccc(-c2ccc(-c3ccc(N(c4ccc(-c5ccc6c(c5)sc5ccccc56)cc4)c4c(-c5ccccc5)ccc5c4sc4ccccc45)cc3)cc2)cc1. The van der Waals surface area contributed by atoms with E-state index in [1.54, 1.807) is 0 Å². The Hall–Kier alpha value is -6.78. The van der Waals surface area contributed by atoms with E-state index in [0.717, 1.165) is 11.4 Å². The molecule has 9 aromatic carbocycles. The number of nitrogens with zero attached hydrogens (tertiary/aromatic N) is 1. The summed E-state index contributed by atoms with van der Waals surface area (Å²) < 4.78 is 5.21. The van der Waals surface area contributed by atoms with Crippen molar-refractivity contribution in [3.8, 4) is 44.5 Å². The Morgan fingerprint density at radius 3 is 1.32 bits per heavy atom. The topological polar surface area (TPSA) is 3.24 Å². The molecule has 0 unspecified atom stereocenters. The van der Waals surface area contributed by atoms with E-state index < -0.39 is 0 Å². The second-order valence-corrected chi connectivity index (χ2v) is 16.6. The van der Waals surface area contributed by atoms with Crippen molar-refractivity contribution >= 4 is 80.1 Å². The van der Waals surface area contributed by atoms with Gasteiger partial charge in [0.1, 0.15) is 0 Å². The lowest BCUT2D eigenvalue weighted by molar-refractivity contribution is 1.30. The average Bonchev–Trinajstić information content (AvgIpc) is 3.86. The third-order valence-electron chi connectivity index (χ3n) is 11.1. The van der Waals surface area contributed by atoms with Gasteiger partial charge >= 0.3 is 0 Å². The maximum Gasteiger partial charge on any atom is 0.0718 e. The molecule has 11 aromatic rings. The lowest BCUT2D eigenvalue weighted by Crippen LogP contribution is -2.11. The van der Waals surface area contributed by atoms with Gasteiger partial charge in [-0.05, 0) is 81.4 Å². The molecule has 1 nitrogen and oxygen atoms in total. The maximum atomic E-state index is 2.47. The molecule has 0 aliphatic carbocycles. The minimum Gasteiger partial charge on any atom is -0.308 e. The van der Waals surface area contributed by atoms with E-state index in [2.05, 4.69) is 217 Å². The standard InChI is InChI=1S/C54H35NS2/c1-3-11-36(12-4-1)37-19-21-38(22-20-37)39-23-28-43(29-24-39)55(44-30-25-40(26-31-44)42-27-32-48-46-15-7-9-17-50(46)56-52(48)35-42)53-45(41-13-5-2-6-14-41)33-34-49-47-16-8-10-18-51(47)57-54(49)53/h1-35H. The van der Waals surface area contributed by atoms with Gasteiger partial charge in [0.2, 0.25) is 0 Å². The van der Waals surface area contributed by atoms with E-state index in [4.69, 9.17) is 0 Å². The van der Waals surface area contributed by atoms with Crippen molar-refractivity contribution in [2.24, 2.45) is 0 Å². The van der Waals surface area contributed by atoms with Gasteiger partial charge in [0, 0.05) is 52.6 Å². The van der Waals surface area contributed by atoms with Crippen LogP contribution >= 0.6 is 22.7 Å². The zero-order chi connectivity index (χ0) is 37.7. The molecule has 57 heavy (non-hydrogen) atoms. The Morgan fingerprint density at radius 1 is 0.281 bits per heavy atom. The summed E-state index contributed by atoms with van der Waals surface area (Å²) >= 11 is 3.74. The van der Waals surface area contributed by atoms with Crippen LogP contribution in [0.1, 0.15) is 0 Å². The zero-order valence-electron chi connectivity index (χ0n) is 31.0. The monoisotopic (exact) mass is 761 g/mol. The van der Waals surface area contributed by atoms with Gasteiger partial charge in [-0.2, -0.15) is 0 Å². The molecular weight excluding hydrogens is 727 g/mol. The molecule has 0 aliphatic rings. The number of hydrogen-bond donors (Lipinski definition) is 0. The third-order valence-corrected chi connectivity index (χ3v) is 13.4. The summed E-state index contributed by atoms with van der Waals surface area (Å²) in [5.41, 5.74) is 13.1. The van der Waals surface area contributed by atoms with Gasteiger partial charge in [-0.25, -0.2) is 0 Å². The van der Waals surface area contributed by atoms with Gasteiger partial charge in [-0.15, -0.1) is 22.7 Å². The molecule has 0 bridgehead atoms. The fourth-order valence-corrected chi connectivity index (χ4v) is 10.6. The fraction of sp³-hybridized carbons (Fsp3) is 0. The number of anilines is 3. The summed E-state index contributed by atoms with van der Waals surface area (Å²) in [7, 11) is 0. The predicted molar refractivity (Wildman–Crippen MR) is 249 cm³/mol. The summed E-state index contributed by atoms with van der Waals surface area (Å²) in [6, 6.07) is 77.6. The van der Waals surface area contributed by atoms with E-state index in [1.165, 1.54) is 90.5 Å². The highest BCUT2D eigenvalue weighted by Crippen LogP contribution is 2.50. The average molecular weight is 762 g/mol. The first-order valence-corrected chi connectivity index (χ1v) is 21.0. The highest BCUT2D eigenvalue weighted by Gasteiger charge is 2.23. The van der Waals surface area contributed by atoms with Gasteiger partial charge in [-0.3, -0.25) is 0 Å². The molecule has 0 fully saturated rings. The van der Waals surface area contributed by atoms with Crippen LogP contribution in [0.2, 0.25) is 0 Å². The first kappa shape index (κ1) is 33.5. The molecule has 2 heterocycles. The van der Waals surface area contributed by atoms with Crippen LogP contribution in [0.15, 0.2) is 212 Å². The quantitative estimate of drug-likeness (QED) is 0.156. The minimum absolute atomic E-state index is 1.11. The highest BCUT2D eigenvalue weighted by atomic mass is 32.1. The largest absolute Gasteiger partial charge is 0.308 e. The van der Waals surface area contributed by atoms with Crippen molar-refractivity contribution in [1.29, 1.82) is 0 Å². The summed E-state index contributed by atoms with van der Waals surface area (Å²) in [6.07, 6.45) is 0. The summed E-state index contributed by atoms with van der Waals surface area (Å²) in [4.78, 5) is 2.47. The maximum absolute atomic E-state index is 2.47. The molecule has 2 aromatic heterocycles. The molecule has 268 valence electrons. The van der Waals surface area contributed by atoms with E-state index >= 15 is 0 Å². The molecule has 0 amide bonds. The van der Waals surface area contributed by atoms with Crippen molar-refractivity contribution in [1.82, 2.24) is 0 Å². The number of hydrogen-bond acceptors (Lipinski definition) is 3. The van der Waals surface area contributed by atoms with Crippen molar-refractivity contribution in [3.05, 3.63) is 212 Å². The molecule has 0 N–H and O–H groups in total. The third kappa shape index (κ3) is 6.00.